The van der Waals surface area contributed by atoms with E-state index in [1.807, 2.05) is 11.8 Å². The van der Waals surface area contributed by atoms with Gasteiger partial charge in [0.15, 0.2) is 5.78 Å². The maximum absolute atomic E-state index is 12.5. The monoisotopic (exact) mass is 390 g/mol. The molecule has 144 valence electrons. The van der Waals surface area contributed by atoms with Crippen LogP contribution in [0.3, 0.4) is 0 Å². The molecule has 1 fully saturated rings. The number of hydrogen-bond acceptors (Lipinski definition) is 7. The highest BCUT2D eigenvalue weighted by molar-refractivity contribution is 7.89. The zero-order valence-electron chi connectivity index (χ0n) is 15.3. The largest absolute Gasteiger partial charge is 0.378 e. The molecule has 8 nitrogen and oxygen atoms in total. The van der Waals surface area contributed by atoms with E-state index in [-0.39, 0.29) is 17.2 Å². The van der Waals surface area contributed by atoms with Crippen molar-refractivity contribution in [1.82, 2.24) is 14.7 Å². The van der Waals surface area contributed by atoms with Crippen LogP contribution in [-0.4, -0.2) is 50.5 Å². The fourth-order valence-electron chi connectivity index (χ4n) is 2.73. The van der Waals surface area contributed by atoms with Crippen LogP contribution in [0.5, 0.6) is 0 Å². The average Bonchev–Trinajstić information content (AvgIpc) is 2.67. The van der Waals surface area contributed by atoms with Crippen molar-refractivity contribution in [2.45, 2.75) is 25.3 Å². The number of ether oxygens (including phenoxy) is 1. The van der Waals surface area contributed by atoms with Crippen molar-refractivity contribution in [2.75, 3.05) is 31.2 Å². The van der Waals surface area contributed by atoms with Crippen molar-refractivity contribution in [3.63, 3.8) is 0 Å². The van der Waals surface area contributed by atoms with Gasteiger partial charge < -0.3 is 9.64 Å². The summed E-state index contributed by atoms with van der Waals surface area (Å²) >= 11 is 0. The van der Waals surface area contributed by atoms with Gasteiger partial charge in [0.25, 0.3) is 0 Å². The SMILES string of the molecule is CC(=O)c1ccc(S(=O)(=O)NCc2cc(C)nc(N3CCOCC3)n2)cc1. The van der Waals surface area contributed by atoms with Gasteiger partial charge in [-0.05, 0) is 32.0 Å². The Labute approximate surface area is 158 Å². The number of sulfonamides is 1. The van der Waals surface area contributed by atoms with E-state index in [1.165, 1.54) is 31.2 Å². The molecule has 0 bridgehead atoms. The lowest BCUT2D eigenvalue weighted by Gasteiger charge is -2.27. The summed E-state index contributed by atoms with van der Waals surface area (Å²) in [4.78, 5) is 22.4. The summed E-state index contributed by atoms with van der Waals surface area (Å²) in [6.45, 7) is 5.99. The van der Waals surface area contributed by atoms with E-state index < -0.39 is 10.0 Å². The summed E-state index contributed by atoms with van der Waals surface area (Å²) in [5, 5.41) is 0. The molecule has 27 heavy (non-hydrogen) atoms. The molecule has 1 aromatic carbocycles. The summed E-state index contributed by atoms with van der Waals surface area (Å²) in [5.74, 6) is 0.470. The highest BCUT2D eigenvalue weighted by Gasteiger charge is 2.17. The lowest BCUT2D eigenvalue weighted by Crippen LogP contribution is -2.37. The van der Waals surface area contributed by atoms with Crippen LogP contribution < -0.4 is 9.62 Å². The molecule has 0 radical (unpaired) electrons. The number of rotatable bonds is 6. The first kappa shape index (κ1) is 19.4. The molecule has 1 saturated heterocycles. The van der Waals surface area contributed by atoms with E-state index in [4.69, 9.17) is 4.74 Å². The molecular formula is C18H22N4O4S. The zero-order valence-corrected chi connectivity index (χ0v) is 16.1. The van der Waals surface area contributed by atoms with E-state index >= 15 is 0 Å². The van der Waals surface area contributed by atoms with E-state index in [9.17, 15) is 13.2 Å². The smallest absolute Gasteiger partial charge is 0.240 e. The molecule has 0 saturated carbocycles. The van der Waals surface area contributed by atoms with Gasteiger partial charge in [0.05, 0.1) is 30.3 Å². The fraction of sp³-hybridized carbons (Fsp3) is 0.389. The molecule has 1 N–H and O–H groups in total. The highest BCUT2D eigenvalue weighted by Crippen LogP contribution is 2.14. The number of nitrogens with one attached hydrogen (secondary N) is 1. The molecule has 3 rings (SSSR count). The lowest BCUT2D eigenvalue weighted by molar-refractivity contribution is 0.101. The minimum Gasteiger partial charge on any atom is -0.378 e. The van der Waals surface area contributed by atoms with E-state index in [0.29, 0.717) is 43.5 Å². The maximum atomic E-state index is 12.5. The topological polar surface area (TPSA) is 101 Å². The summed E-state index contributed by atoms with van der Waals surface area (Å²) in [5.41, 5.74) is 1.83. The van der Waals surface area contributed by atoms with Crippen LogP contribution in [0, 0.1) is 6.92 Å². The van der Waals surface area contributed by atoms with Gasteiger partial charge in [-0.15, -0.1) is 0 Å². The van der Waals surface area contributed by atoms with Crippen molar-refractivity contribution in [2.24, 2.45) is 0 Å². The van der Waals surface area contributed by atoms with Crippen molar-refractivity contribution in [3.8, 4) is 0 Å². The molecule has 1 aliphatic heterocycles. The van der Waals surface area contributed by atoms with Crippen LogP contribution in [-0.2, 0) is 21.3 Å². The van der Waals surface area contributed by atoms with Crippen LogP contribution >= 0.6 is 0 Å². The van der Waals surface area contributed by atoms with Crippen LogP contribution in [0.1, 0.15) is 28.7 Å². The Bertz CT molecular complexity index is 923. The highest BCUT2D eigenvalue weighted by atomic mass is 32.2. The number of nitrogens with zero attached hydrogens (tertiary/aromatic N) is 3. The third kappa shape index (κ3) is 4.88. The molecule has 2 heterocycles. The van der Waals surface area contributed by atoms with Crippen LogP contribution in [0.4, 0.5) is 5.95 Å². The Morgan fingerprint density at radius 1 is 1.19 bits per heavy atom. The summed E-state index contributed by atoms with van der Waals surface area (Å²) < 4.78 is 32.9. The van der Waals surface area contributed by atoms with Gasteiger partial charge in [0, 0.05) is 24.3 Å². The molecule has 2 aromatic rings. The normalized spacial score (nSPS) is 15.0. The summed E-state index contributed by atoms with van der Waals surface area (Å²) in [7, 11) is -3.71. The first-order valence-corrected chi connectivity index (χ1v) is 10.1. The second kappa shape index (κ2) is 8.12. The maximum Gasteiger partial charge on any atom is 0.240 e. The molecule has 0 spiro atoms. The first-order valence-electron chi connectivity index (χ1n) is 8.63. The molecule has 0 atom stereocenters. The van der Waals surface area contributed by atoms with Crippen molar-refractivity contribution >= 4 is 21.8 Å². The minimum atomic E-state index is -3.71. The number of benzene rings is 1. The van der Waals surface area contributed by atoms with Gasteiger partial charge in [0.1, 0.15) is 0 Å². The van der Waals surface area contributed by atoms with Crippen LogP contribution in [0.25, 0.3) is 0 Å². The molecule has 9 heteroatoms. The Hall–Kier alpha value is -2.36. The quantitative estimate of drug-likeness (QED) is 0.742. The predicted octanol–water partition coefficient (Wildman–Crippen LogP) is 1.30. The van der Waals surface area contributed by atoms with Gasteiger partial charge in [-0.1, -0.05) is 12.1 Å². The Morgan fingerprint density at radius 2 is 1.85 bits per heavy atom. The van der Waals surface area contributed by atoms with E-state index in [0.717, 1.165) is 5.69 Å². The average molecular weight is 390 g/mol. The minimum absolute atomic E-state index is 0.0531. The number of carbonyl (C=O) groups excluding carboxylic acids is 1. The predicted molar refractivity (Wildman–Crippen MR) is 100 cm³/mol. The van der Waals surface area contributed by atoms with E-state index in [1.54, 1.807) is 6.07 Å². The van der Waals surface area contributed by atoms with Gasteiger partial charge >= 0.3 is 0 Å². The van der Waals surface area contributed by atoms with Gasteiger partial charge in [-0.25, -0.2) is 23.1 Å². The molecule has 0 amide bonds. The second-order valence-electron chi connectivity index (χ2n) is 6.31. The van der Waals surface area contributed by atoms with Crippen molar-refractivity contribution in [1.29, 1.82) is 0 Å². The molecule has 0 unspecified atom stereocenters. The number of anilines is 1. The number of aryl methyl sites for hydroxylation is 1. The second-order valence-corrected chi connectivity index (χ2v) is 8.07. The standard InChI is InChI=1S/C18H22N4O4S/c1-13-11-16(21-18(20-13)22-7-9-26-10-8-22)12-19-27(24,25)17-5-3-15(4-6-17)14(2)23/h3-6,11,19H,7-10,12H2,1-2H3. The number of aromatic nitrogens is 2. The Morgan fingerprint density at radius 3 is 2.48 bits per heavy atom. The van der Waals surface area contributed by atoms with Crippen LogP contribution in [0.15, 0.2) is 35.2 Å². The van der Waals surface area contributed by atoms with E-state index in [2.05, 4.69) is 14.7 Å². The summed E-state index contributed by atoms with van der Waals surface area (Å²) in [6.07, 6.45) is 0. The third-order valence-corrected chi connectivity index (χ3v) is 5.62. The van der Waals surface area contributed by atoms with Crippen LogP contribution in [0.2, 0.25) is 0 Å². The lowest BCUT2D eigenvalue weighted by atomic mass is 10.2. The zero-order chi connectivity index (χ0) is 19.4. The number of hydrogen-bond donors (Lipinski definition) is 1. The Kier molecular flexibility index (Phi) is 5.83. The molecule has 1 aromatic heterocycles. The fourth-order valence-corrected chi connectivity index (χ4v) is 3.73. The van der Waals surface area contributed by atoms with Gasteiger partial charge in [-0.3, -0.25) is 4.79 Å². The molecular weight excluding hydrogens is 368 g/mol. The number of ketones is 1. The van der Waals surface area contributed by atoms with Crippen molar-refractivity contribution in [3.05, 3.63) is 47.3 Å². The summed E-state index contributed by atoms with van der Waals surface area (Å²) in [6, 6.07) is 7.60. The third-order valence-electron chi connectivity index (χ3n) is 4.20. The molecule has 1 aliphatic rings. The number of Topliss-reactive ketones (excluding diaryl/α,β-unsaturated/α-hetero) is 1. The Balaban J connectivity index is 1.73. The number of morpholine rings is 1. The van der Waals surface area contributed by atoms with Crippen molar-refractivity contribution < 1.29 is 17.9 Å². The molecule has 0 aliphatic carbocycles. The van der Waals surface area contributed by atoms with Gasteiger partial charge in [0.2, 0.25) is 16.0 Å². The first-order chi connectivity index (χ1) is 12.8. The number of carbonyl (C=O) groups is 1. The van der Waals surface area contributed by atoms with Gasteiger partial charge in [-0.2, -0.15) is 0 Å².